The van der Waals surface area contributed by atoms with Crippen LogP contribution in [-0.2, 0) is 9.84 Å². The number of alkyl halides is 1. The van der Waals surface area contributed by atoms with Crippen molar-refractivity contribution >= 4 is 21.4 Å². The van der Waals surface area contributed by atoms with Crippen molar-refractivity contribution in [2.45, 2.75) is 18.9 Å². The molecule has 0 amide bonds. The molecule has 1 atom stereocenters. The zero-order valence-electron chi connectivity index (χ0n) is 7.87. The normalized spacial score (nSPS) is 25.2. The van der Waals surface area contributed by atoms with Crippen molar-refractivity contribution in [3.05, 3.63) is 0 Å². The highest BCUT2D eigenvalue weighted by molar-refractivity contribution is 7.90. The van der Waals surface area contributed by atoms with Crippen LogP contribution in [0.1, 0.15) is 12.8 Å². The summed E-state index contributed by atoms with van der Waals surface area (Å²) in [6.07, 6.45) is 3.52. The fourth-order valence-corrected chi connectivity index (χ4v) is 2.56. The lowest BCUT2D eigenvalue weighted by molar-refractivity contribution is 0.287. The number of hydrogen-bond acceptors (Lipinski definition) is 3. The Hall–Kier alpha value is 0.200. The number of halogens is 1. The summed E-state index contributed by atoms with van der Waals surface area (Å²) in [5.74, 6) is 0.865. The van der Waals surface area contributed by atoms with Crippen molar-refractivity contribution in [2.75, 3.05) is 31.0 Å². The van der Waals surface area contributed by atoms with E-state index in [0.29, 0.717) is 18.5 Å². The van der Waals surface area contributed by atoms with Crippen molar-refractivity contribution < 1.29 is 8.42 Å². The minimum Gasteiger partial charge on any atom is -0.298 e. The fourth-order valence-electron chi connectivity index (χ4n) is 1.65. The SMILES string of the molecule is CS(=O)(=O)CCN1CCCC1CCl. The average Bonchev–Trinajstić information content (AvgIpc) is 2.46. The molecular formula is C8H16ClNO2S. The lowest BCUT2D eigenvalue weighted by atomic mass is 10.2. The molecular weight excluding hydrogens is 210 g/mol. The van der Waals surface area contributed by atoms with Gasteiger partial charge in [0.1, 0.15) is 9.84 Å². The van der Waals surface area contributed by atoms with Gasteiger partial charge in [-0.25, -0.2) is 8.42 Å². The molecule has 0 bridgehead atoms. The maximum atomic E-state index is 10.9. The summed E-state index contributed by atoms with van der Waals surface area (Å²) in [6.45, 7) is 1.63. The zero-order chi connectivity index (χ0) is 9.90. The average molecular weight is 226 g/mol. The number of hydrogen-bond donors (Lipinski definition) is 0. The summed E-state index contributed by atoms with van der Waals surface area (Å²) in [7, 11) is -2.83. The highest BCUT2D eigenvalue weighted by Gasteiger charge is 2.23. The molecule has 0 saturated carbocycles. The van der Waals surface area contributed by atoms with Gasteiger partial charge in [-0.2, -0.15) is 0 Å². The molecule has 1 aliphatic rings. The first-order valence-corrected chi connectivity index (χ1v) is 7.10. The molecule has 5 heteroatoms. The predicted octanol–water partition coefficient (Wildman–Crippen LogP) is 0.734. The van der Waals surface area contributed by atoms with Gasteiger partial charge in [0.2, 0.25) is 0 Å². The Morgan fingerprint density at radius 1 is 1.54 bits per heavy atom. The van der Waals surface area contributed by atoms with Gasteiger partial charge in [-0.15, -0.1) is 11.6 Å². The van der Waals surface area contributed by atoms with Crippen LogP contribution in [0.5, 0.6) is 0 Å². The van der Waals surface area contributed by atoms with Gasteiger partial charge in [-0.1, -0.05) is 0 Å². The summed E-state index contributed by atoms with van der Waals surface area (Å²) in [4.78, 5) is 2.17. The third kappa shape index (κ3) is 3.83. The monoisotopic (exact) mass is 225 g/mol. The van der Waals surface area contributed by atoms with E-state index in [4.69, 9.17) is 11.6 Å². The van der Waals surface area contributed by atoms with Crippen LogP contribution < -0.4 is 0 Å². The van der Waals surface area contributed by atoms with Crippen molar-refractivity contribution in [3.63, 3.8) is 0 Å². The Labute approximate surface area is 85.0 Å². The second-order valence-electron chi connectivity index (χ2n) is 3.62. The minimum atomic E-state index is -2.83. The topological polar surface area (TPSA) is 37.4 Å². The molecule has 1 saturated heterocycles. The Morgan fingerprint density at radius 3 is 2.77 bits per heavy atom. The van der Waals surface area contributed by atoms with E-state index in [1.54, 1.807) is 0 Å². The zero-order valence-corrected chi connectivity index (χ0v) is 9.44. The molecule has 0 aromatic rings. The van der Waals surface area contributed by atoms with E-state index in [9.17, 15) is 8.42 Å². The molecule has 78 valence electrons. The molecule has 1 aliphatic heterocycles. The van der Waals surface area contributed by atoms with Gasteiger partial charge in [-0.3, -0.25) is 4.90 Å². The summed E-state index contributed by atoms with van der Waals surface area (Å²) < 4.78 is 21.8. The first-order valence-electron chi connectivity index (χ1n) is 4.50. The lowest BCUT2D eigenvalue weighted by Gasteiger charge is -2.21. The van der Waals surface area contributed by atoms with Gasteiger partial charge >= 0.3 is 0 Å². The Balaban J connectivity index is 2.36. The van der Waals surface area contributed by atoms with E-state index in [-0.39, 0.29) is 5.75 Å². The molecule has 0 aliphatic carbocycles. The van der Waals surface area contributed by atoms with Crippen LogP contribution in [0.15, 0.2) is 0 Å². The van der Waals surface area contributed by atoms with Crippen LogP contribution in [-0.4, -0.2) is 50.3 Å². The number of likely N-dealkylation sites (tertiary alicyclic amines) is 1. The number of sulfone groups is 1. The second kappa shape index (κ2) is 4.62. The maximum Gasteiger partial charge on any atom is 0.148 e. The van der Waals surface area contributed by atoms with E-state index in [1.165, 1.54) is 6.26 Å². The first-order chi connectivity index (χ1) is 6.03. The van der Waals surface area contributed by atoms with E-state index in [0.717, 1.165) is 19.4 Å². The molecule has 0 radical (unpaired) electrons. The molecule has 1 heterocycles. The van der Waals surface area contributed by atoms with Crippen LogP contribution in [0.4, 0.5) is 0 Å². The van der Waals surface area contributed by atoms with Gasteiger partial charge in [0.15, 0.2) is 0 Å². The molecule has 3 nitrogen and oxygen atoms in total. The van der Waals surface area contributed by atoms with Crippen LogP contribution in [0.2, 0.25) is 0 Å². The lowest BCUT2D eigenvalue weighted by Crippen LogP contribution is -2.34. The molecule has 13 heavy (non-hydrogen) atoms. The largest absolute Gasteiger partial charge is 0.298 e. The highest BCUT2D eigenvalue weighted by Crippen LogP contribution is 2.17. The fraction of sp³-hybridized carbons (Fsp3) is 1.00. The van der Waals surface area contributed by atoms with E-state index >= 15 is 0 Å². The molecule has 1 unspecified atom stereocenters. The summed E-state index contributed by atoms with van der Waals surface area (Å²) >= 11 is 5.76. The molecule has 0 aromatic carbocycles. The van der Waals surface area contributed by atoms with E-state index < -0.39 is 9.84 Å². The van der Waals surface area contributed by atoms with Gasteiger partial charge in [0.05, 0.1) is 5.75 Å². The first kappa shape index (κ1) is 11.3. The van der Waals surface area contributed by atoms with Gasteiger partial charge in [0.25, 0.3) is 0 Å². The van der Waals surface area contributed by atoms with Crippen molar-refractivity contribution in [1.82, 2.24) is 4.90 Å². The quantitative estimate of drug-likeness (QED) is 0.663. The summed E-state index contributed by atoms with van der Waals surface area (Å²) in [5.41, 5.74) is 0. The number of nitrogens with zero attached hydrogens (tertiary/aromatic N) is 1. The Morgan fingerprint density at radius 2 is 2.23 bits per heavy atom. The van der Waals surface area contributed by atoms with Crippen LogP contribution in [0.3, 0.4) is 0 Å². The Bertz CT molecular complexity index is 253. The van der Waals surface area contributed by atoms with Crippen LogP contribution >= 0.6 is 11.6 Å². The smallest absolute Gasteiger partial charge is 0.148 e. The second-order valence-corrected chi connectivity index (χ2v) is 6.18. The highest BCUT2D eigenvalue weighted by atomic mass is 35.5. The Kier molecular flexibility index (Phi) is 4.01. The molecule has 0 N–H and O–H groups in total. The molecule has 0 spiro atoms. The summed E-state index contributed by atoms with van der Waals surface area (Å²) in [5, 5.41) is 0. The third-order valence-electron chi connectivity index (χ3n) is 2.43. The standard InChI is InChI=1S/C8H16ClNO2S/c1-13(11,12)6-5-10-4-2-3-8(10)7-9/h8H,2-7H2,1H3. The van der Waals surface area contributed by atoms with Crippen LogP contribution in [0, 0.1) is 0 Å². The van der Waals surface area contributed by atoms with Gasteiger partial charge in [0, 0.05) is 24.7 Å². The maximum absolute atomic E-state index is 10.9. The molecule has 1 rings (SSSR count). The third-order valence-corrected chi connectivity index (χ3v) is 3.71. The molecule has 0 aromatic heterocycles. The van der Waals surface area contributed by atoms with Gasteiger partial charge < -0.3 is 0 Å². The van der Waals surface area contributed by atoms with E-state index in [2.05, 4.69) is 4.90 Å². The van der Waals surface area contributed by atoms with Crippen molar-refractivity contribution in [3.8, 4) is 0 Å². The van der Waals surface area contributed by atoms with Crippen molar-refractivity contribution in [1.29, 1.82) is 0 Å². The summed E-state index contributed by atoms with van der Waals surface area (Å²) in [6, 6.07) is 0.392. The van der Waals surface area contributed by atoms with Crippen molar-refractivity contribution in [2.24, 2.45) is 0 Å². The van der Waals surface area contributed by atoms with E-state index in [1.807, 2.05) is 0 Å². The minimum absolute atomic E-state index is 0.250. The van der Waals surface area contributed by atoms with Gasteiger partial charge in [-0.05, 0) is 19.4 Å². The number of rotatable bonds is 4. The molecule has 1 fully saturated rings. The van der Waals surface area contributed by atoms with Crippen LogP contribution in [0.25, 0.3) is 0 Å². The predicted molar refractivity (Wildman–Crippen MR) is 55.0 cm³/mol.